The van der Waals surface area contributed by atoms with E-state index in [1.807, 2.05) is 16.7 Å². The molecule has 13 heteroatoms. The summed E-state index contributed by atoms with van der Waals surface area (Å²) in [4.78, 5) is 51.9. The molecule has 2 aromatic rings. The number of anilines is 2. The number of carbonyl (C=O) groups is 2. The highest BCUT2D eigenvalue weighted by Crippen LogP contribution is 2.24. The van der Waals surface area contributed by atoms with Crippen LogP contribution in [0.2, 0.25) is 5.15 Å². The van der Waals surface area contributed by atoms with Crippen LogP contribution in [-0.4, -0.2) is 94.6 Å². The minimum atomic E-state index is -0.416. The van der Waals surface area contributed by atoms with Gasteiger partial charge in [0.15, 0.2) is 5.16 Å². The lowest BCUT2D eigenvalue weighted by atomic mass is 10.2. The first-order chi connectivity index (χ1) is 17.3. The maximum absolute atomic E-state index is 12.8. The zero-order chi connectivity index (χ0) is 25.7. The molecule has 2 aliphatic rings. The summed E-state index contributed by atoms with van der Waals surface area (Å²) in [5, 5.41) is 11.6. The number of nitro groups is 1. The van der Waals surface area contributed by atoms with Crippen molar-refractivity contribution < 1.29 is 14.5 Å². The summed E-state index contributed by atoms with van der Waals surface area (Å²) < 4.78 is 0. The van der Waals surface area contributed by atoms with Crippen molar-refractivity contribution >= 4 is 52.4 Å². The van der Waals surface area contributed by atoms with Crippen LogP contribution in [0.4, 0.5) is 17.2 Å². The van der Waals surface area contributed by atoms with E-state index in [0.717, 1.165) is 5.69 Å². The highest BCUT2D eigenvalue weighted by Gasteiger charge is 2.24. The molecule has 0 atom stereocenters. The van der Waals surface area contributed by atoms with E-state index in [2.05, 4.69) is 19.8 Å². The number of hydrogen-bond acceptors (Lipinski definition) is 9. The SMILES string of the molecule is CCC(=O)N1CCN(c2cc(Cl)nc(SCC(=O)N3CCN(c4ccc([N+](=O)[O-])cc4)CC3)n2)CC1. The van der Waals surface area contributed by atoms with Gasteiger partial charge in [-0.2, -0.15) is 0 Å². The predicted octanol–water partition coefficient (Wildman–Crippen LogP) is 2.54. The molecule has 1 aromatic heterocycles. The van der Waals surface area contributed by atoms with Gasteiger partial charge in [-0.1, -0.05) is 30.3 Å². The van der Waals surface area contributed by atoms with Gasteiger partial charge in [-0.15, -0.1) is 0 Å². The molecule has 4 rings (SSSR count). The first-order valence-corrected chi connectivity index (χ1v) is 13.2. The average molecular weight is 534 g/mol. The van der Waals surface area contributed by atoms with E-state index in [4.69, 9.17) is 11.6 Å². The molecular formula is C23H28ClN7O4S. The molecule has 2 aliphatic heterocycles. The molecule has 192 valence electrons. The standard InChI is InChI=1S/C23H28ClN7O4S/c1-2-21(32)29-13-9-28(10-14-29)20-15-19(24)25-23(26-20)36-16-22(33)30-11-7-27(8-12-30)17-3-5-18(6-4-17)31(34)35/h3-6,15H,2,7-14,16H2,1H3. The average Bonchev–Trinajstić information content (AvgIpc) is 2.91. The van der Waals surface area contributed by atoms with Crippen LogP contribution in [0.15, 0.2) is 35.5 Å². The van der Waals surface area contributed by atoms with Crippen molar-refractivity contribution in [3.05, 3.63) is 45.6 Å². The molecule has 0 radical (unpaired) electrons. The molecule has 0 bridgehead atoms. The van der Waals surface area contributed by atoms with E-state index in [0.29, 0.717) is 74.9 Å². The van der Waals surface area contributed by atoms with Crippen molar-refractivity contribution in [2.24, 2.45) is 0 Å². The number of hydrogen-bond donors (Lipinski definition) is 0. The van der Waals surface area contributed by atoms with Gasteiger partial charge in [0, 0.05) is 82.7 Å². The molecule has 1 aromatic carbocycles. The largest absolute Gasteiger partial charge is 0.368 e. The van der Waals surface area contributed by atoms with Gasteiger partial charge in [-0.3, -0.25) is 19.7 Å². The molecule has 2 saturated heterocycles. The fraction of sp³-hybridized carbons (Fsp3) is 0.478. The van der Waals surface area contributed by atoms with Crippen molar-refractivity contribution in [3.8, 4) is 0 Å². The summed E-state index contributed by atoms with van der Waals surface area (Å²) in [7, 11) is 0. The summed E-state index contributed by atoms with van der Waals surface area (Å²) >= 11 is 7.50. The molecule has 2 fully saturated rings. The van der Waals surface area contributed by atoms with Gasteiger partial charge in [0.1, 0.15) is 11.0 Å². The molecular weight excluding hydrogens is 506 g/mol. The Morgan fingerprint density at radius 1 is 0.944 bits per heavy atom. The van der Waals surface area contributed by atoms with E-state index in [9.17, 15) is 19.7 Å². The summed E-state index contributed by atoms with van der Waals surface area (Å²) in [6.07, 6.45) is 0.500. The maximum Gasteiger partial charge on any atom is 0.269 e. The van der Waals surface area contributed by atoms with Crippen LogP contribution in [0.25, 0.3) is 0 Å². The Hall–Kier alpha value is -3.12. The normalized spacial score (nSPS) is 16.3. The van der Waals surface area contributed by atoms with Crippen molar-refractivity contribution in [2.75, 3.05) is 67.9 Å². The van der Waals surface area contributed by atoms with Crippen LogP contribution in [0.3, 0.4) is 0 Å². The van der Waals surface area contributed by atoms with Crippen molar-refractivity contribution in [1.82, 2.24) is 19.8 Å². The highest BCUT2D eigenvalue weighted by atomic mass is 35.5. The van der Waals surface area contributed by atoms with E-state index >= 15 is 0 Å². The first kappa shape index (κ1) is 26.0. The minimum Gasteiger partial charge on any atom is -0.368 e. The van der Waals surface area contributed by atoms with E-state index in [1.165, 1.54) is 23.9 Å². The summed E-state index contributed by atoms with van der Waals surface area (Å²) in [5.74, 6) is 1.06. The van der Waals surface area contributed by atoms with E-state index in [1.54, 1.807) is 18.2 Å². The van der Waals surface area contributed by atoms with Crippen LogP contribution in [0.5, 0.6) is 0 Å². The number of nitrogens with zero attached hydrogens (tertiary/aromatic N) is 7. The third kappa shape index (κ3) is 6.35. The molecule has 0 unspecified atom stereocenters. The smallest absolute Gasteiger partial charge is 0.269 e. The lowest BCUT2D eigenvalue weighted by Gasteiger charge is -2.36. The maximum atomic E-state index is 12.8. The number of piperazine rings is 2. The minimum absolute atomic E-state index is 0.000155. The van der Waals surface area contributed by atoms with Crippen LogP contribution >= 0.6 is 23.4 Å². The van der Waals surface area contributed by atoms with E-state index in [-0.39, 0.29) is 23.3 Å². The van der Waals surface area contributed by atoms with Gasteiger partial charge < -0.3 is 19.6 Å². The second-order valence-corrected chi connectivity index (χ2v) is 9.81. The first-order valence-electron chi connectivity index (χ1n) is 11.8. The van der Waals surface area contributed by atoms with Gasteiger partial charge >= 0.3 is 0 Å². The number of halogens is 1. The molecule has 0 aliphatic carbocycles. The second kappa shape index (κ2) is 11.7. The third-order valence-electron chi connectivity index (χ3n) is 6.30. The fourth-order valence-electron chi connectivity index (χ4n) is 4.24. The van der Waals surface area contributed by atoms with Gasteiger partial charge in [-0.05, 0) is 12.1 Å². The molecule has 0 saturated carbocycles. The monoisotopic (exact) mass is 533 g/mol. The van der Waals surface area contributed by atoms with Gasteiger partial charge in [0.2, 0.25) is 11.8 Å². The molecule has 36 heavy (non-hydrogen) atoms. The number of rotatable bonds is 7. The van der Waals surface area contributed by atoms with Gasteiger partial charge in [0.25, 0.3) is 5.69 Å². The Morgan fingerprint density at radius 2 is 1.53 bits per heavy atom. The lowest BCUT2D eigenvalue weighted by molar-refractivity contribution is -0.384. The second-order valence-electron chi connectivity index (χ2n) is 8.48. The Morgan fingerprint density at radius 3 is 2.11 bits per heavy atom. The number of thioether (sulfide) groups is 1. The number of nitro benzene ring substituents is 1. The quantitative estimate of drug-likeness (QED) is 0.174. The lowest BCUT2D eigenvalue weighted by Crippen LogP contribution is -2.49. The molecule has 2 amide bonds. The topological polar surface area (TPSA) is 116 Å². The Labute approximate surface area is 218 Å². The van der Waals surface area contributed by atoms with Gasteiger partial charge in [0.05, 0.1) is 10.7 Å². The summed E-state index contributed by atoms with van der Waals surface area (Å²) in [6.45, 7) is 6.92. The fourth-order valence-corrected chi connectivity index (χ4v) is 5.22. The van der Waals surface area contributed by atoms with E-state index < -0.39 is 4.92 Å². The van der Waals surface area contributed by atoms with Crippen molar-refractivity contribution in [2.45, 2.75) is 18.5 Å². The third-order valence-corrected chi connectivity index (χ3v) is 7.33. The van der Waals surface area contributed by atoms with Crippen LogP contribution in [-0.2, 0) is 9.59 Å². The Bertz CT molecular complexity index is 1100. The molecule has 3 heterocycles. The zero-order valence-electron chi connectivity index (χ0n) is 20.0. The van der Waals surface area contributed by atoms with Crippen LogP contribution in [0.1, 0.15) is 13.3 Å². The Kier molecular flexibility index (Phi) is 8.47. The van der Waals surface area contributed by atoms with Crippen LogP contribution in [0, 0.1) is 10.1 Å². The van der Waals surface area contributed by atoms with Crippen molar-refractivity contribution in [3.63, 3.8) is 0 Å². The number of carbonyl (C=O) groups excluding carboxylic acids is 2. The number of amides is 2. The zero-order valence-corrected chi connectivity index (χ0v) is 21.6. The number of benzene rings is 1. The summed E-state index contributed by atoms with van der Waals surface area (Å²) in [6, 6.07) is 8.17. The molecule has 0 N–H and O–H groups in total. The highest BCUT2D eigenvalue weighted by molar-refractivity contribution is 7.99. The molecule has 11 nitrogen and oxygen atoms in total. The van der Waals surface area contributed by atoms with Gasteiger partial charge in [-0.25, -0.2) is 9.97 Å². The van der Waals surface area contributed by atoms with Crippen molar-refractivity contribution in [1.29, 1.82) is 0 Å². The van der Waals surface area contributed by atoms with Crippen LogP contribution < -0.4 is 9.80 Å². The Balaban J connectivity index is 1.27. The summed E-state index contributed by atoms with van der Waals surface area (Å²) in [5.41, 5.74) is 0.964. The molecule has 0 spiro atoms. The predicted molar refractivity (Wildman–Crippen MR) is 139 cm³/mol. The number of non-ortho nitro benzene ring substituents is 1. The number of aromatic nitrogens is 2.